The summed E-state index contributed by atoms with van der Waals surface area (Å²) >= 11 is 2.61. The minimum atomic E-state index is -1.03. The molecule has 2 aromatic heterocycles. The second-order valence-corrected chi connectivity index (χ2v) is 12.8. The molecule has 200 valence electrons. The Bertz CT molecular complexity index is 1130. The zero-order chi connectivity index (χ0) is 27.2. The normalized spacial score (nSPS) is 19.3. The second kappa shape index (κ2) is 12.7. The molecular weight excluding hydrogens is 504 g/mol. The number of nitrogens with zero attached hydrogens (tertiary/aromatic N) is 2. The van der Waals surface area contributed by atoms with Gasteiger partial charge in [-0.05, 0) is 71.3 Å². The van der Waals surface area contributed by atoms with E-state index in [-0.39, 0.29) is 34.3 Å². The summed E-state index contributed by atoms with van der Waals surface area (Å²) in [6.07, 6.45) is 8.26. The molecule has 37 heavy (non-hydrogen) atoms. The average molecular weight is 543 g/mol. The van der Waals surface area contributed by atoms with Crippen LogP contribution in [0.15, 0.2) is 30.3 Å². The lowest BCUT2D eigenvalue weighted by atomic mass is 9.89. The van der Waals surface area contributed by atoms with Crippen molar-refractivity contribution < 1.29 is 19.4 Å². The molecule has 2 heterocycles. The number of carboxylic acid groups (broad SMARTS) is 1. The zero-order valence-corrected chi connectivity index (χ0v) is 24.1. The van der Waals surface area contributed by atoms with Crippen molar-refractivity contribution in [2.45, 2.75) is 85.3 Å². The van der Waals surface area contributed by atoms with Crippen molar-refractivity contribution in [2.24, 2.45) is 17.3 Å². The predicted octanol–water partition coefficient (Wildman–Crippen LogP) is 7.26. The molecule has 1 aliphatic rings. The molecule has 0 radical (unpaired) electrons. The molecule has 1 aliphatic carbocycles. The first kappa shape index (κ1) is 28.9. The first-order valence-corrected chi connectivity index (χ1v) is 14.6. The fourth-order valence-electron chi connectivity index (χ4n) is 4.34. The van der Waals surface area contributed by atoms with Gasteiger partial charge < -0.3 is 14.7 Å². The lowest BCUT2D eigenvalue weighted by molar-refractivity contribution is -0.122. The van der Waals surface area contributed by atoms with Gasteiger partial charge in [-0.1, -0.05) is 43.1 Å². The minimum Gasteiger partial charge on any atom is -0.477 e. The molecule has 1 N–H and O–H groups in total. The lowest BCUT2D eigenvalue weighted by Crippen LogP contribution is -2.46. The summed E-state index contributed by atoms with van der Waals surface area (Å²) in [6.45, 7) is 13.9. The molecule has 0 saturated heterocycles. The Morgan fingerprint density at radius 2 is 1.97 bits per heavy atom. The highest BCUT2D eigenvalue weighted by molar-refractivity contribution is 7.15. The number of carboxylic acids is 1. The minimum absolute atomic E-state index is 0.0313. The molecule has 0 unspecified atom stereocenters. The molecule has 0 spiro atoms. The van der Waals surface area contributed by atoms with Gasteiger partial charge in [0, 0.05) is 29.0 Å². The number of thiophene rings is 1. The van der Waals surface area contributed by atoms with E-state index in [1.54, 1.807) is 17.2 Å². The number of hydrogen-bond acceptors (Lipinski definition) is 6. The van der Waals surface area contributed by atoms with Crippen LogP contribution in [0.4, 0.5) is 5.69 Å². The van der Waals surface area contributed by atoms with Gasteiger partial charge in [0.05, 0.1) is 10.6 Å². The van der Waals surface area contributed by atoms with Gasteiger partial charge in [0.15, 0.2) is 0 Å². The van der Waals surface area contributed by atoms with Gasteiger partial charge in [-0.25, -0.2) is 9.78 Å². The number of carbonyl (C=O) groups excluding carboxylic acids is 1. The van der Waals surface area contributed by atoms with Crippen LogP contribution in [0.1, 0.15) is 87.7 Å². The molecule has 1 fully saturated rings. The maximum Gasteiger partial charge on any atom is 0.348 e. The summed E-state index contributed by atoms with van der Waals surface area (Å²) in [5.74, 6) is 5.34. The third-order valence-corrected chi connectivity index (χ3v) is 8.22. The number of anilines is 1. The van der Waals surface area contributed by atoms with E-state index in [1.165, 1.54) is 11.3 Å². The monoisotopic (exact) mass is 542 g/mol. The van der Waals surface area contributed by atoms with Crippen molar-refractivity contribution in [3.8, 4) is 17.0 Å². The Kier molecular flexibility index (Phi) is 9.97. The maximum absolute atomic E-state index is 13.9. The summed E-state index contributed by atoms with van der Waals surface area (Å²) < 4.78 is 6.03. The number of carbonyl (C=O) groups is 2. The van der Waals surface area contributed by atoms with Gasteiger partial charge in [0.1, 0.15) is 11.0 Å². The van der Waals surface area contributed by atoms with Gasteiger partial charge in [0.25, 0.3) is 5.19 Å². The number of thiazole rings is 1. The van der Waals surface area contributed by atoms with Crippen molar-refractivity contribution in [3.63, 3.8) is 0 Å². The van der Waals surface area contributed by atoms with Gasteiger partial charge in [-0.2, -0.15) is 0 Å². The topological polar surface area (TPSA) is 79.7 Å². The fourth-order valence-corrected chi connectivity index (χ4v) is 5.74. The molecule has 0 aliphatic heterocycles. The van der Waals surface area contributed by atoms with Crippen LogP contribution in [0, 0.1) is 29.1 Å². The highest BCUT2D eigenvalue weighted by Gasteiger charge is 2.36. The number of aromatic nitrogens is 1. The molecule has 0 bridgehead atoms. The Hall–Kier alpha value is -2.63. The van der Waals surface area contributed by atoms with Crippen molar-refractivity contribution in [1.29, 1.82) is 0 Å². The first-order chi connectivity index (χ1) is 17.5. The molecule has 8 heteroatoms. The molecule has 2 atom stereocenters. The molecule has 6 nitrogen and oxygen atoms in total. The number of ether oxygens (including phenoxy) is 1. The maximum atomic E-state index is 13.9. The van der Waals surface area contributed by atoms with Crippen LogP contribution < -0.4 is 9.64 Å². The van der Waals surface area contributed by atoms with Crippen LogP contribution in [0.2, 0.25) is 0 Å². The fraction of sp³-hybridized carbons (Fsp3) is 0.552. The van der Waals surface area contributed by atoms with Gasteiger partial charge in [-0.3, -0.25) is 4.79 Å². The zero-order valence-electron chi connectivity index (χ0n) is 22.5. The smallest absolute Gasteiger partial charge is 0.348 e. The Morgan fingerprint density at radius 3 is 2.54 bits per heavy atom. The van der Waals surface area contributed by atoms with Crippen molar-refractivity contribution in [3.05, 3.63) is 40.1 Å². The summed E-state index contributed by atoms with van der Waals surface area (Å²) in [5.41, 5.74) is 0.253. The van der Waals surface area contributed by atoms with E-state index in [4.69, 9.17) is 4.74 Å². The summed E-state index contributed by atoms with van der Waals surface area (Å²) in [6, 6.07) is 1.70. The van der Waals surface area contributed by atoms with E-state index in [2.05, 4.69) is 30.3 Å². The largest absolute Gasteiger partial charge is 0.477 e. The van der Waals surface area contributed by atoms with Gasteiger partial charge in [0.2, 0.25) is 5.91 Å². The van der Waals surface area contributed by atoms with E-state index < -0.39 is 5.97 Å². The van der Waals surface area contributed by atoms with E-state index >= 15 is 0 Å². The van der Waals surface area contributed by atoms with Gasteiger partial charge in [-0.15, -0.1) is 17.9 Å². The average Bonchev–Trinajstić information content (AvgIpc) is 3.52. The molecule has 1 amide bonds. The van der Waals surface area contributed by atoms with Crippen LogP contribution in [-0.4, -0.2) is 34.1 Å². The van der Waals surface area contributed by atoms with E-state index in [1.807, 2.05) is 39.2 Å². The third-order valence-electron chi connectivity index (χ3n) is 6.53. The third kappa shape index (κ3) is 8.18. The highest BCUT2D eigenvalue weighted by atomic mass is 32.1. The number of rotatable bonds is 10. The van der Waals surface area contributed by atoms with Crippen molar-refractivity contribution in [1.82, 2.24) is 4.98 Å². The molecule has 0 aromatic carbocycles. The Balaban J connectivity index is 1.90. The summed E-state index contributed by atoms with van der Waals surface area (Å²) in [7, 11) is 0. The van der Waals surface area contributed by atoms with E-state index in [0.29, 0.717) is 28.1 Å². The SMILES string of the molecule is C=C[C@@H](C)CC[C@@H](C)C(=O)N(c1cc(C#CC(C)(C)C)sc1C(=O)O)C1CCC(Oc2nccs2)CC1. The standard InChI is InChI=1S/C29H38N2O4S2/c1-7-19(2)8-9-20(3)26(32)31(21-10-12-22(13-11-21)35-28-30-16-17-36-28)24-18-23(14-15-29(4,5)6)37-25(24)27(33)34/h7,16-22H,1,8-13H2,2-6H3,(H,33,34)/t19-,20-,21?,22?/m1/s1. The van der Waals surface area contributed by atoms with E-state index in [9.17, 15) is 14.7 Å². The van der Waals surface area contributed by atoms with E-state index in [0.717, 1.165) is 43.4 Å². The molecule has 1 saturated carbocycles. The molecule has 3 rings (SSSR count). The van der Waals surface area contributed by atoms with Crippen molar-refractivity contribution in [2.75, 3.05) is 4.90 Å². The quantitative estimate of drug-likeness (QED) is 0.252. The molecule has 2 aromatic rings. The highest BCUT2D eigenvalue weighted by Crippen LogP contribution is 2.37. The van der Waals surface area contributed by atoms with Crippen LogP contribution in [-0.2, 0) is 4.79 Å². The van der Waals surface area contributed by atoms with Crippen molar-refractivity contribution >= 4 is 40.2 Å². The first-order valence-electron chi connectivity index (χ1n) is 12.9. The number of hydrogen-bond donors (Lipinski definition) is 1. The lowest BCUT2D eigenvalue weighted by Gasteiger charge is -2.38. The van der Waals surface area contributed by atoms with Crippen LogP contribution in [0.5, 0.6) is 5.19 Å². The van der Waals surface area contributed by atoms with Crippen LogP contribution >= 0.6 is 22.7 Å². The number of allylic oxidation sites excluding steroid dienone is 1. The number of aromatic carboxylic acids is 1. The van der Waals surface area contributed by atoms with Gasteiger partial charge >= 0.3 is 5.97 Å². The Labute approximate surface area is 228 Å². The Morgan fingerprint density at radius 1 is 1.27 bits per heavy atom. The predicted molar refractivity (Wildman–Crippen MR) is 152 cm³/mol. The molecular formula is C29H38N2O4S2. The second-order valence-electron chi connectivity index (χ2n) is 10.9. The van der Waals surface area contributed by atoms with Crippen LogP contribution in [0.3, 0.4) is 0 Å². The van der Waals surface area contributed by atoms with Crippen LogP contribution in [0.25, 0.3) is 0 Å². The number of amides is 1. The summed E-state index contributed by atoms with van der Waals surface area (Å²) in [5, 5.41) is 12.6. The summed E-state index contributed by atoms with van der Waals surface area (Å²) in [4.78, 5) is 33.0.